The number of ether oxygens (including phenoxy) is 4. The molecule has 1 aromatic heterocycles. The van der Waals surface area contributed by atoms with E-state index in [0.717, 1.165) is 11.1 Å². The molecule has 1 aliphatic rings. The van der Waals surface area contributed by atoms with E-state index in [1.165, 1.54) is 18.4 Å². The summed E-state index contributed by atoms with van der Waals surface area (Å²) in [5.41, 5.74) is 3.07. The van der Waals surface area contributed by atoms with Gasteiger partial charge in [-0.25, -0.2) is 9.79 Å². The van der Waals surface area contributed by atoms with E-state index in [1.807, 2.05) is 66.7 Å². The highest BCUT2D eigenvalue weighted by atomic mass is 32.1. The molecule has 0 bridgehead atoms. The van der Waals surface area contributed by atoms with E-state index >= 15 is 0 Å². The van der Waals surface area contributed by atoms with Crippen molar-refractivity contribution in [2.45, 2.75) is 26.5 Å². The number of thiazole rings is 1. The van der Waals surface area contributed by atoms with Crippen molar-refractivity contribution in [2.24, 2.45) is 4.99 Å². The maximum absolute atomic E-state index is 13.9. The molecule has 0 saturated heterocycles. The van der Waals surface area contributed by atoms with Gasteiger partial charge < -0.3 is 18.9 Å². The van der Waals surface area contributed by atoms with Crippen molar-refractivity contribution in [1.82, 2.24) is 4.57 Å². The summed E-state index contributed by atoms with van der Waals surface area (Å²) in [7, 11) is 3.09. The number of benzene rings is 3. The topological polar surface area (TPSA) is 88.4 Å². The molecule has 5 rings (SSSR count). The van der Waals surface area contributed by atoms with Crippen molar-refractivity contribution in [3.05, 3.63) is 120 Å². The van der Waals surface area contributed by atoms with Crippen molar-refractivity contribution in [3.8, 4) is 17.2 Å². The first-order chi connectivity index (χ1) is 19.9. The van der Waals surface area contributed by atoms with Gasteiger partial charge in [0, 0.05) is 0 Å². The number of rotatable bonds is 9. The third-order valence-corrected chi connectivity index (χ3v) is 7.63. The molecule has 1 atom stereocenters. The molecule has 0 saturated carbocycles. The summed E-state index contributed by atoms with van der Waals surface area (Å²) < 4.78 is 24.3. The minimum absolute atomic E-state index is 0.196. The lowest BCUT2D eigenvalue weighted by molar-refractivity contribution is -0.139. The van der Waals surface area contributed by atoms with Crippen LogP contribution >= 0.6 is 11.3 Å². The highest BCUT2D eigenvalue weighted by Crippen LogP contribution is 2.36. The molecule has 9 heteroatoms. The summed E-state index contributed by atoms with van der Waals surface area (Å²) in [5, 5.41) is 0. The number of fused-ring (bicyclic) bond motifs is 1. The van der Waals surface area contributed by atoms with Crippen LogP contribution in [0.5, 0.6) is 17.2 Å². The Balaban J connectivity index is 1.58. The van der Waals surface area contributed by atoms with E-state index in [4.69, 9.17) is 18.9 Å². The molecule has 2 heterocycles. The van der Waals surface area contributed by atoms with Crippen molar-refractivity contribution in [2.75, 3.05) is 20.8 Å². The predicted octanol–water partition coefficient (Wildman–Crippen LogP) is 4.39. The maximum atomic E-state index is 13.9. The van der Waals surface area contributed by atoms with Crippen LogP contribution in [0.15, 0.2) is 93.9 Å². The van der Waals surface area contributed by atoms with Crippen LogP contribution in [-0.4, -0.2) is 31.4 Å². The van der Waals surface area contributed by atoms with Crippen LogP contribution < -0.4 is 29.1 Å². The SMILES string of the molecule is CCOC(=O)C1=C(C)N=c2sc(=Cc3cccc(OCc4ccccc4)c3)c(=O)n2C1c1ccc(OC)c(OC)c1. The fourth-order valence-corrected chi connectivity index (χ4v) is 5.76. The second-order valence-corrected chi connectivity index (χ2v) is 10.3. The van der Waals surface area contributed by atoms with Crippen LogP contribution in [0.2, 0.25) is 0 Å². The van der Waals surface area contributed by atoms with Crippen molar-refractivity contribution < 1.29 is 23.7 Å². The lowest BCUT2D eigenvalue weighted by Crippen LogP contribution is -2.39. The van der Waals surface area contributed by atoms with E-state index in [9.17, 15) is 9.59 Å². The van der Waals surface area contributed by atoms with Gasteiger partial charge in [0.1, 0.15) is 12.4 Å². The van der Waals surface area contributed by atoms with E-state index < -0.39 is 12.0 Å². The van der Waals surface area contributed by atoms with Crippen LogP contribution in [0.4, 0.5) is 0 Å². The van der Waals surface area contributed by atoms with Gasteiger partial charge in [0.05, 0.1) is 42.7 Å². The Kier molecular flexibility index (Phi) is 8.35. The van der Waals surface area contributed by atoms with Gasteiger partial charge in [0.2, 0.25) is 0 Å². The second kappa shape index (κ2) is 12.3. The van der Waals surface area contributed by atoms with Crippen LogP contribution in [0.1, 0.15) is 36.6 Å². The average Bonchev–Trinajstić information content (AvgIpc) is 3.29. The summed E-state index contributed by atoms with van der Waals surface area (Å²) >= 11 is 1.26. The molecule has 8 nitrogen and oxygen atoms in total. The van der Waals surface area contributed by atoms with Crippen LogP contribution in [0.3, 0.4) is 0 Å². The second-order valence-electron chi connectivity index (χ2n) is 9.26. The zero-order chi connectivity index (χ0) is 28.9. The summed E-state index contributed by atoms with van der Waals surface area (Å²) in [5.74, 6) is 1.19. The van der Waals surface area contributed by atoms with Gasteiger partial charge in [-0.2, -0.15) is 0 Å². The van der Waals surface area contributed by atoms with Gasteiger partial charge in [-0.3, -0.25) is 9.36 Å². The Labute approximate surface area is 241 Å². The predicted molar refractivity (Wildman–Crippen MR) is 157 cm³/mol. The Hall–Kier alpha value is -4.63. The zero-order valence-corrected chi connectivity index (χ0v) is 24.1. The van der Waals surface area contributed by atoms with Crippen molar-refractivity contribution in [3.63, 3.8) is 0 Å². The molecule has 0 radical (unpaired) electrons. The van der Waals surface area contributed by atoms with Crippen LogP contribution in [0, 0.1) is 0 Å². The van der Waals surface area contributed by atoms with Gasteiger partial charge >= 0.3 is 5.97 Å². The fourth-order valence-electron chi connectivity index (χ4n) is 4.72. The van der Waals surface area contributed by atoms with E-state index in [-0.39, 0.29) is 12.2 Å². The number of esters is 1. The monoisotopic (exact) mass is 570 g/mol. The molecule has 210 valence electrons. The van der Waals surface area contributed by atoms with E-state index in [1.54, 1.807) is 37.7 Å². The van der Waals surface area contributed by atoms with Gasteiger partial charge in [0.15, 0.2) is 16.3 Å². The third-order valence-electron chi connectivity index (χ3n) is 6.64. The first-order valence-corrected chi connectivity index (χ1v) is 13.9. The molecule has 1 unspecified atom stereocenters. The largest absolute Gasteiger partial charge is 0.493 e. The van der Waals surface area contributed by atoms with Crippen molar-refractivity contribution in [1.29, 1.82) is 0 Å². The molecule has 0 spiro atoms. The summed E-state index contributed by atoms with van der Waals surface area (Å²) in [6.45, 7) is 4.13. The lowest BCUT2D eigenvalue weighted by atomic mass is 9.95. The normalized spacial score (nSPS) is 14.7. The molecule has 41 heavy (non-hydrogen) atoms. The first-order valence-electron chi connectivity index (χ1n) is 13.1. The highest BCUT2D eigenvalue weighted by molar-refractivity contribution is 7.07. The fraction of sp³-hybridized carbons (Fsp3) is 0.219. The van der Waals surface area contributed by atoms with Crippen LogP contribution in [0.25, 0.3) is 6.08 Å². The Morgan fingerprint density at radius 1 is 1.00 bits per heavy atom. The van der Waals surface area contributed by atoms with E-state index in [2.05, 4.69) is 4.99 Å². The van der Waals surface area contributed by atoms with Crippen molar-refractivity contribution >= 4 is 23.4 Å². The number of hydrogen-bond donors (Lipinski definition) is 0. The van der Waals surface area contributed by atoms with Gasteiger partial charge in [-0.05, 0) is 60.9 Å². The Morgan fingerprint density at radius 3 is 2.51 bits per heavy atom. The molecule has 0 fully saturated rings. The standard InChI is InChI=1S/C32H30N2O6S/c1-5-39-31(36)28-20(2)33-32-34(29(28)23-14-15-25(37-3)26(18-23)38-4)30(35)27(41-32)17-22-12-9-13-24(16-22)40-19-21-10-7-6-8-11-21/h6-18,29H,5,19H2,1-4H3. The minimum atomic E-state index is -0.757. The maximum Gasteiger partial charge on any atom is 0.338 e. The number of carbonyl (C=O) groups is 1. The summed E-state index contributed by atoms with van der Waals surface area (Å²) in [4.78, 5) is 32.2. The molecular weight excluding hydrogens is 540 g/mol. The number of nitrogens with zero attached hydrogens (tertiary/aromatic N) is 2. The van der Waals surface area contributed by atoms with Gasteiger partial charge in [0.25, 0.3) is 5.56 Å². The smallest absolute Gasteiger partial charge is 0.338 e. The number of aromatic nitrogens is 1. The number of carbonyl (C=O) groups excluding carboxylic acids is 1. The highest BCUT2D eigenvalue weighted by Gasteiger charge is 2.33. The Bertz CT molecular complexity index is 1790. The molecular formula is C32H30N2O6S. The lowest BCUT2D eigenvalue weighted by Gasteiger charge is -2.25. The molecule has 4 aromatic rings. The van der Waals surface area contributed by atoms with Crippen LogP contribution in [-0.2, 0) is 16.1 Å². The molecule has 1 aliphatic heterocycles. The minimum Gasteiger partial charge on any atom is -0.493 e. The molecule has 0 N–H and O–H groups in total. The summed E-state index contributed by atoms with van der Waals surface area (Å²) in [6, 6.07) is 22.1. The number of allylic oxidation sites excluding steroid dienone is 1. The van der Waals surface area contributed by atoms with Gasteiger partial charge in [-0.1, -0.05) is 59.9 Å². The third kappa shape index (κ3) is 5.81. The number of hydrogen-bond acceptors (Lipinski definition) is 8. The number of methoxy groups -OCH3 is 2. The molecule has 0 amide bonds. The zero-order valence-electron chi connectivity index (χ0n) is 23.2. The molecule has 3 aromatic carbocycles. The first kappa shape index (κ1) is 27.9. The molecule has 0 aliphatic carbocycles. The average molecular weight is 571 g/mol. The summed E-state index contributed by atoms with van der Waals surface area (Å²) in [6.07, 6.45) is 1.81. The van der Waals surface area contributed by atoms with E-state index in [0.29, 0.717) is 50.0 Å². The Morgan fingerprint density at radius 2 is 1.78 bits per heavy atom. The quantitative estimate of drug-likeness (QED) is 0.277. The van der Waals surface area contributed by atoms with Gasteiger partial charge in [-0.15, -0.1) is 0 Å².